The number of rotatable bonds is 20. The molecule has 1 unspecified atom stereocenters. The van der Waals surface area contributed by atoms with Gasteiger partial charge in [-0.3, -0.25) is 18.2 Å². The lowest BCUT2D eigenvalue weighted by molar-refractivity contribution is -0.432. The number of anilines is 5. The maximum atomic E-state index is 12.1. The van der Waals surface area contributed by atoms with Gasteiger partial charge in [-0.25, -0.2) is 5.26 Å². The number of benzene rings is 5. The predicted octanol–water partition coefficient (Wildman–Crippen LogP) is 6.96. The Morgan fingerprint density at radius 2 is 1.34 bits per heavy atom. The minimum Gasteiger partial charge on any atom is -0.491 e. The van der Waals surface area contributed by atoms with E-state index in [9.17, 15) is 51.9 Å². The van der Waals surface area contributed by atoms with Gasteiger partial charge in [-0.2, -0.15) is 69.1 Å². The second-order valence-electron chi connectivity index (χ2n) is 13.8. The van der Waals surface area contributed by atoms with Crippen molar-refractivity contribution in [3.8, 4) is 5.75 Å². The van der Waals surface area contributed by atoms with Crippen LogP contribution in [0.4, 0.5) is 52.0 Å². The van der Waals surface area contributed by atoms with E-state index in [1.54, 1.807) is 36.4 Å². The molecule has 0 bridgehead atoms. The van der Waals surface area contributed by atoms with Crippen LogP contribution in [-0.2, 0) is 49.8 Å². The Bertz CT molecular complexity index is 3370. The van der Waals surface area contributed by atoms with E-state index in [-0.39, 0.29) is 71.0 Å². The van der Waals surface area contributed by atoms with Gasteiger partial charge in [0.15, 0.2) is 5.37 Å². The summed E-state index contributed by atoms with van der Waals surface area (Å²) >= 11 is 0.715. The monoisotopic (exact) mass is 1020 g/mol. The van der Waals surface area contributed by atoms with E-state index in [0.29, 0.717) is 40.1 Å². The molecule has 7 N–H and O–H groups in total. The van der Waals surface area contributed by atoms with Crippen LogP contribution in [0.15, 0.2) is 132 Å². The lowest BCUT2D eigenvalue weighted by atomic mass is 10.1. The largest absolute Gasteiger partial charge is 0.491 e. The third-order valence-electron chi connectivity index (χ3n) is 8.92. The van der Waals surface area contributed by atoms with E-state index in [4.69, 9.17) is 9.99 Å². The molecule has 31 heteroatoms. The summed E-state index contributed by atoms with van der Waals surface area (Å²) < 4.78 is 143. The first-order valence-corrected chi connectivity index (χ1v) is 25.3. The molecule has 1 aliphatic rings. The van der Waals surface area contributed by atoms with Crippen LogP contribution >= 0.6 is 12.0 Å². The van der Waals surface area contributed by atoms with Gasteiger partial charge in [-0.1, -0.05) is 17.2 Å². The van der Waals surface area contributed by atoms with Gasteiger partial charge in [0, 0.05) is 22.0 Å². The summed E-state index contributed by atoms with van der Waals surface area (Å²) in [6.45, 7) is -0.333. The zero-order chi connectivity index (χ0) is 48.1. The average Bonchev–Trinajstić information content (AvgIpc) is 4.08. The molecule has 352 valence electrons. The van der Waals surface area contributed by atoms with Gasteiger partial charge in [-0.15, -0.1) is 4.33 Å². The summed E-state index contributed by atoms with van der Waals surface area (Å²) in [5.41, 5.74) is 1.66. The number of hydrogen-bond acceptors (Lipinski definition) is 23. The first kappa shape index (κ1) is 48.6. The Hall–Kier alpha value is -6.36. The van der Waals surface area contributed by atoms with E-state index < -0.39 is 61.4 Å². The lowest BCUT2D eigenvalue weighted by Crippen LogP contribution is -2.15. The van der Waals surface area contributed by atoms with Gasteiger partial charge in [0.05, 0.1) is 64.3 Å². The van der Waals surface area contributed by atoms with Crippen molar-refractivity contribution in [3.63, 3.8) is 0 Å². The molecule has 2 heterocycles. The number of azo groups is 2. The van der Waals surface area contributed by atoms with Crippen molar-refractivity contribution in [2.75, 3.05) is 34.4 Å². The zero-order valence-corrected chi connectivity index (χ0v) is 37.6. The molecule has 67 heavy (non-hydrogen) atoms. The molecular weight excluding hydrogens is 989 g/mol. The molecule has 1 aliphatic heterocycles. The summed E-state index contributed by atoms with van der Waals surface area (Å²) in [5.74, 6) is -0.913. The molecule has 5 aromatic carbocycles. The van der Waals surface area contributed by atoms with Crippen LogP contribution in [0.3, 0.4) is 0 Å². The summed E-state index contributed by atoms with van der Waals surface area (Å²) in [4.78, 5) is 13.2. The Labute approximate surface area is 383 Å². The van der Waals surface area contributed by atoms with Gasteiger partial charge in [0.2, 0.25) is 17.8 Å². The smallest absolute Gasteiger partial charge is 0.295 e. The molecule has 1 atom stereocenters. The Balaban J connectivity index is 1.14. The standard InChI is InChI=1S/C36H32N10O16S5/c47-61-62-63-27-4-1-3-24(16-27)43-45-26-11-12-30(31(18-26)60-13-2-14-64(48,49)50)38-35-39-34(40-36(41-35)46-20-33(46)67(57,58)59)37-22-7-9-23(10-8-22)42-44-25-6-5-21-15-28(65(51,52)53)19-32(29(21)17-25)66(54,55)56/h1,3-12,15-19,33,47H,2,13-14,20H2,(H,48,49,50)(H,51,52,53)(H,54,55,56)(H,57,58,59)(H2,37,38,39,40,41). The molecule has 0 amide bonds. The van der Waals surface area contributed by atoms with E-state index in [1.807, 2.05) is 0 Å². The fourth-order valence-corrected chi connectivity index (χ4v) is 8.87. The minimum atomic E-state index is -4.94. The summed E-state index contributed by atoms with van der Waals surface area (Å²) in [6, 6.07) is 22.8. The summed E-state index contributed by atoms with van der Waals surface area (Å²) in [6.07, 6.45) is -0.103. The molecule has 26 nitrogen and oxygen atoms in total. The van der Waals surface area contributed by atoms with Gasteiger partial charge >= 0.3 is 0 Å². The molecule has 0 spiro atoms. The van der Waals surface area contributed by atoms with Crippen LogP contribution in [0.1, 0.15) is 6.42 Å². The van der Waals surface area contributed by atoms with Crippen LogP contribution in [0.2, 0.25) is 0 Å². The van der Waals surface area contributed by atoms with E-state index in [1.165, 1.54) is 53.4 Å². The molecule has 1 fully saturated rings. The summed E-state index contributed by atoms with van der Waals surface area (Å²) in [5, 5.41) is 33.3. The van der Waals surface area contributed by atoms with Crippen molar-refractivity contribution in [1.82, 2.24) is 15.0 Å². The highest BCUT2D eigenvalue weighted by Gasteiger charge is 2.46. The first-order chi connectivity index (χ1) is 31.6. The Morgan fingerprint density at radius 3 is 1.99 bits per heavy atom. The van der Waals surface area contributed by atoms with Gasteiger partial charge in [0.25, 0.3) is 40.5 Å². The number of nitrogens with zero attached hydrogens (tertiary/aromatic N) is 8. The van der Waals surface area contributed by atoms with Crippen LogP contribution in [0.5, 0.6) is 5.75 Å². The van der Waals surface area contributed by atoms with E-state index in [0.717, 1.165) is 6.07 Å². The number of aromatic nitrogens is 3. The molecule has 0 radical (unpaired) electrons. The normalized spacial score (nSPS) is 14.5. The fraction of sp³-hybridized carbons (Fsp3) is 0.139. The van der Waals surface area contributed by atoms with Crippen molar-refractivity contribution in [3.05, 3.63) is 97.1 Å². The van der Waals surface area contributed by atoms with Gasteiger partial charge < -0.3 is 20.3 Å². The van der Waals surface area contributed by atoms with Crippen LogP contribution in [0, 0.1) is 0 Å². The van der Waals surface area contributed by atoms with Crippen molar-refractivity contribution in [1.29, 1.82) is 0 Å². The van der Waals surface area contributed by atoms with Crippen LogP contribution in [-0.4, -0.2) is 96.4 Å². The number of fused-ring (bicyclic) bond motifs is 1. The third-order valence-corrected chi connectivity index (χ3v) is 13.1. The van der Waals surface area contributed by atoms with Gasteiger partial charge in [-0.05, 0) is 90.7 Å². The highest BCUT2D eigenvalue weighted by atomic mass is 32.2. The highest BCUT2D eigenvalue weighted by Crippen LogP contribution is 2.36. The Kier molecular flexibility index (Phi) is 14.4. The topological polar surface area (TPSA) is 381 Å². The second kappa shape index (κ2) is 19.9. The molecule has 0 aliphatic carbocycles. The number of nitrogens with one attached hydrogen (secondary N) is 2. The molecule has 6 aromatic rings. The van der Waals surface area contributed by atoms with Crippen molar-refractivity contribution < 1.29 is 71.2 Å². The molecule has 1 aromatic heterocycles. The molecule has 7 rings (SSSR count). The fourth-order valence-electron chi connectivity index (χ4n) is 5.86. The molecular formula is C36H32N10O16S5. The molecule has 1 saturated heterocycles. The van der Waals surface area contributed by atoms with Crippen LogP contribution < -0.4 is 20.3 Å². The van der Waals surface area contributed by atoms with E-state index >= 15 is 0 Å². The first-order valence-electron chi connectivity index (χ1n) is 18.6. The maximum absolute atomic E-state index is 12.1. The number of ether oxygens (including phenoxy) is 1. The van der Waals surface area contributed by atoms with E-state index in [2.05, 4.69) is 55.4 Å². The van der Waals surface area contributed by atoms with Crippen LogP contribution in [0.25, 0.3) is 10.8 Å². The van der Waals surface area contributed by atoms with Crippen molar-refractivity contribution in [2.45, 2.75) is 26.5 Å². The SMILES string of the molecule is O=S(=O)(O)CCCOc1cc(N=Nc2cccc(SOOO)c2)ccc1Nc1nc(Nc2ccc(N=Nc3ccc4cc(S(=O)(=O)O)cc(S(=O)(=O)O)c4c3)cc2)nc(N2CC2S(=O)(=O)O)n1. The zero-order valence-electron chi connectivity index (χ0n) is 33.5. The van der Waals surface area contributed by atoms with Crippen molar-refractivity contribution >= 4 is 115 Å². The number of hydrogen-bond donors (Lipinski definition) is 7. The second-order valence-corrected chi connectivity index (χ2v) is 20.5. The van der Waals surface area contributed by atoms with Crippen molar-refractivity contribution in [2.24, 2.45) is 20.5 Å². The third kappa shape index (κ3) is 13.4. The Morgan fingerprint density at radius 1 is 0.701 bits per heavy atom. The predicted molar refractivity (Wildman–Crippen MR) is 238 cm³/mol. The lowest BCUT2D eigenvalue weighted by Gasteiger charge is -2.15. The van der Waals surface area contributed by atoms with Gasteiger partial charge in [0.1, 0.15) is 10.6 Å². The summed E-state index contributed by atoms with van der Waals surface area (Å²) in [7, 11) is -18.6. The quantitative estimate of drug-likeness (QED) is 0.00772. The maximum Gasteiger partial charge on any atom is 0.295 e. The highest BCUT2D eigenvalue weighted by molar-refractivity contribution is 7.94. The average molecular weight is 1020 g/mol. The minimum absolute atomic E-state index is 0.0601. The molecule has 0 saturated carbocycles.